The van der Waals surface area contributed by atoms with Gasteiger partial charge >= 0.3 is 0 Å². The van der Waals surface area contributed by atoms with E-state index < -0.39 is 0 Å². The molecular formula is C13H19N3O2. The number of carbonyl (C=O) groups excluding carboxylic acids is 1. The minimum absolute atomic E-state index is 0.0908. The quantitative estimate of drug-likeness (QED) is 0.753. The van der Waals surface area contributed by atoms with E-state index in [9.17, 15) is 4.79 Å². The molecule has 2 N–H and O–H groups in total. The number of hydrogen-bond donors (Lipinski definition) is 2. The van der Waals surface area contributed by atoms with Gasteiger partial charge in [0.15, 0.2) is 6.61 Å². The zero-order valence-corrected chi connectivity index (χ0v) is 10.8. The van der Waals surface area contributed by atoms with Crippen LogP contribution in [0.2, 0.25) is 0 Å². The van der Waals surface area contributed by atoms with Crippen LogP contribution in [-0.4, -0.2) is 44.7 Å². The van der Waals surface area contributed by atoms with Crippen LogP contribution in [0.1, 0.15) is 5.56 Å². The number of nitrogens with one attached hydrogen (secondary N) is 2. The van der Waals surface area contributed by atoms with Crippen molar-refractivity contribution in [3.8, 4) is 5.75 Å². The molecule has 1 aromatic carbocycles. The standard InChI is InChI=1S/C13H19N3O2/c1-14-9-16(2)6-5-10-3-4-12-11(7-10)15-13(17)8-18-12/h3-4,7,14H,5-6,8-9H2,1-2H3,(H,15,17). The molecule has 0 aromatic heterocycles. The fraction of sp³-hybridized carbons (Fsp3) is 0.462. The van der Waals surface area contributed by atoms with Gasteiger partial charge in [-0.15, -0.1) is 0 Å². The summed E-state index contributed by atoms with van der Waals surface area (Å²) in [5, 5.41) is 5.93. The molecule has 0 saturated carbocycles. The maximum Gasteiger partial charge on any atom is 0.262 e. The van der Waals surface area contributed by atoms with E-state index in [0.717, 1.165) is 31.1 Å². The number of fused-ring (bicyclic) bond motifs is 1. The molecule has 1 aliphatic heterocycles. The SMILES string of the molecule is CNCN(C)CCc1ccc2c(c1)NC(=O)CO2. The van der Waals surface area contributed by atoms with Gasteiger partial charge in [0.1, 0.15) is 5.75 Å². The van der Waals surface area contributed by atoms with Gasteiger partial charge in [-0.25, -0.2) is 0 Å². The largest absolute Gasteiger partial charge is 0.482 e. The summed E-state index contributed by atoms with van der Waals surface area (Å²) < 4.78 is 5.32. The predicted octanol–water partition coefficient (Wildman–Crippen LogP) is 0.669. The smallest absolute Gasteiger partial charge is 0.262 e. The van der Waals surface area contributed by atoms with E-state index in [-0.39, 0.29) is 12.5 Å². The van der Waals surface area contributed by atoms with E-state index in [1.807, 2.05) is 25.2 Å². The van der Waals surface area contributed by atoms with E-state index in [4.69, 9.17) is 4.74 Å². The Morgan fingerprint density at radius 2 is 2.33 bits per heavy atom. The number of carbonyl (C=O) groups is 1. The molecule has 0 spiro atoms. The fourth-order valence-electron chi connectivity index (χ4n) is 1.95. The molecule has 0 aliphatic carbocycles. The van der Waals surface area contributed by atoms with Crippen LogP contribution in [0.4, 0.5) is 5.69 Å². The minimum atomic E-state index is -0.0908. The van der Waals surface area contributed by atoms with Crippen LogP contribution in [-0.2, 0) is 11.2 Å². The Morgan fingerprint density at radius 3 is 3.11 bits per heavy atom. The number of ether oxygens (including phenoxy) is 1. The van der Waals surface area contributed by atoms with Crippen LogP contribution in [0.15, 0.2) is 18.2 Å². The average molecular weight is 249 g/mol. The number of anilines is 1. The lowest BCUT2D eigenvalue weighted by molar-refractivity contribution is -0.118. The first kappa shape index (κ1) is 12.9. The highest BCUT2D eigenvalue weighted by atomic mass is 16.5. The van der Waals surface area contributed by atoms with Gasteiger partial charge < -0.3 is 15.4 Å². The third-order valence-electron chi connectivity index (χ3n) is 2.89. The summed E-state index contributed by atoms with van der Waals surface area (Å²) in [6.07, 6.45) is 0.946. The predicted molar refractivity (Wildman–Crippen MR) is 70.8 cm³/mol. The summed E-state index contributed by atoms with van der Waals surface area (Å²) in [4.78, 5) is 13.4. The summed E-state index contributed by atoms with van der Waals surface area (Å²) in [6.45, 7) is 1.94. The number of hydrogen-bond acceptors (Lipinski definition) is 4. The van der Waals surface area contributed by atoms with Gasteiger partial charge in [-0.2, -0.15) is 0 Å². The van der Waals surface area contributed by atoms with Crippen molar-refractivity contribution in [3.63, 3.8) is 0 Å². The van der Waals surface area contributed by atoms with E-state index in [2.05, 4.69) is 22.6 Å². The highest BCUT2D eigenvalue weighted by Crippen LogP contribution is 2.28. The molecule has 0 radical (unpaired) electrons. The number of nitrogens with zero attached hydrogens (tertiary/aromatic N) is 1. The van der Waals surface area contributed by atoms with E-state index in [1.54, 1.807) is 0 Å². The van der Waals surface area contributed by atoms with Crippen LogP contribution in [0.3, 0.4) is 0 Å². The van der Waals surface area contributed by atoms with Gasteiger partial charge in [0.05, 0.1) is 5.69 Å². The molecule has 0 fully saturated rings. The van der Waals surface area contributed by atoms with Crippen LogP contribution >= 0.6 is 0 Å². The first-order valence-electron chi connectivity index (χ1n) is 6.08. The Balaban J connectivity index is 1.98. The molecule has 5 nitrogen and oxygen atoms in total. The van der Waals surface area contributed by atoms with Crippen molar-refractivity contribution in [2.45, 2.75) is 6.42 Å². The van der Waals surface area contributed by atoms with Gasteiger partial charge in [-0.3, -0.25) is 9.69 Å². The lowest BCUT2D eigenvalue weighted by Crippen LogP contribution is -2.30. The minimum Gasteiger partial charge on any atom is -0.482 e. The first-order chi connectivity index (χ1) is 8.69. The number of likely N-dealkylation sites (N-methyl/N-ethyl adjacent to an activating group) is 1. The van der Waals surface area contributed by atoms with Crippen molar-refractivity contribution >= 4 is 11.6 Å². The second-order valence-corrected chi connectivity index (χ2v) is 4.51. The maximum absolute atomic E-state index is 11.2. The summed E-state index contributed by atoms with van der Waals surface area (Å²) >= 11 is 0. The van der Waals surface area contributed by atoms with Gasteiger partial charge in [0.25, 0.3) is 5.91 Å². The number of benzene rings is 1. The second-order valence-electron chi connectivity index (χ2n) is 4.51. The molecule has 0 bridgehead atoms. The maximum atomic E-state index is 11.2. The number of amides is 1. The van der Waals surface area contributed by atoms with Crippen molar-refractivity contribution in [1.82, 2.24) is 10.2 Å². The Kier molecular flexibility index (Phi) is 4.17. The third-order valence-corrected chi connectivity index (χ3v) is 2.89. The molecule has 0 atom stereocenters. The molecule has 1 aliphatic rings. The van der Waals surface area contributed by atoms with Crippen molar-refractivity contribution < 1.29 is 9.53 Å². The zero-order valence-electron chi connectivity index (χ0n) is 10.8. The van der Waals surface area contributed by atoms with Crippen molar-refractivity contribution in [1.29, 1.82) is 0 Å². The molecule has 18 heavy (non-hydrogen) atoms. The van der Waals surface area contributed by atoms with Gasteiger partial charge in [0, 0.05) is 13.2 Å². The average Bonchev–Trinajstić information content (AvgIpc) is 2.36. The fourth-order valence-corrected chi connectivity index (χ4v) is 1.95. The molecule has 2 rings (SSSR count). The summed E-state index contributed by atoms with van der Waals surface area (Å²) in [5.41, 5.74) is 1.97. The molecule has 0 saturated heterocycles. The summed E-state index contributed by atoms with van der Waals surface area (Å²) in [6, 6.07) is 5.95. The van der Waals surface area contributed by atoms with Crippen LogP contribution in [0.25, 0.3) is 0 Å². The highest BCUT2D eigenvalue weighted by molar-refractivity contribution is 5.95. The Bertz CT molecular complexity index is 434. The topological polar surface area (TPSA) is 53.6 Å². The first-order valence-corrected chi connectivity index (χ1v) is 6.08. The normalized spacial score (nSPS) is 14.1. The molecule has 1 aromatic rings. The van der Waals surface area contributed by atoms with Gasteiger partial charge in [-0.05, 0) is 38.2 Å². The van der Waals surface area contributed by atoms with Crippen molar-refractivity contribution in [2.24, 2.45) is 0 Å². The number of rotatable bonds is 5. The summed E-state index contributed by atoms with van der Waals surface area (Å²) in [5.74, 6) is 0.661. The Hall–Kier alpha value is -1.59. The summed E-state index contributed by atoms with van der Waals surface area (Å²) in [7, 11) is 4.00. The molecule has 1 heterocycles. The van der Waals surface area contributed by atoms with Crippen LogP contribution in [0, 0.1) is 0 Å². The van der Waals surface area contributed by atoms with Crippen molar-refractivity contribution in [3.05, 3.63) is 23.8 Å². The Labute approximate surface area is 107 Å². The zero-order chi connectivity index (χ0) is 13.0. The monoisotopic (exact) mass is 249 g/mol. The molecule has 5 heteroatoms. The Morgan fingerprint density at radius 1 is 1.50 bits per heavy atom. The van der Waals surface area contributed by atoms with Crippen molar-refractivity contribution in [2.75, 3.05) is 39.2 Å². The molecular weight excluding hydrogens is 230 g/mol. The van der Waals surface area contributed by atoms with Crippen LogP contribution in [0.5, 0.6) is 5.75 Å². The van der Waals surface area contributed by atoms with Gasteiger partial charge in [-0.1, -0.05) is 6.07 Å². The van der Waals surface area contributed by atoms with E-state index in [0.29, 0.717) is 0 Å². The molecule has 1 amide bonds. The van der Waals surface area contributed by atoms with E-state index in [1.165, 1.54) is 5.56 Å². The van der Waals surface area contributed by atoms with Crippen LogP contribution < -0.4 is 15.4 Å². The third kappa shape index (κ3) is 3.21. The molecule has 98 valence electrons. The highest BCUT2D eigenvalue weighted by Gasteiger charge is 2.15. The van der Waals surface area contributed by atoms with Gasteiger partial charge in [0.2, 0.25) is 0 Å². The second kappa shape index (κ2) is 5.84. The van der Waals surface area contributed by atoms with E-state index >= 15 is 0 Å². The molecule has 0 unspecified atom stereocenters. The lowest BCUT2D eigenvalue weighted by Gasteiger charge is -2.19. The lowest BCUT2D eigenvalue weighted by atomic mass is 10.1.